The van der Waals surface area contributed by atoms with E-state index in [1.807, 2.05) is 6.08 Å². The largest absolute Gasteiger partial charge is 0.465 e. The van der Waals surface area contributed by atoms with Crippen molar-refractivity contribution >= 4 is 33.8 Å². The van der Waals surface area contributed by atoms with E-state index in [-0.39, 0.29) is 26.0 Å². The Morgan fingerprint density at radius 3 is 2.63 bits per heavy atom. The van der Waals surface area contributed by atoms with Gasteiger partial charge in [-0.1, -0.05) is 18.6 Å². The lowest BCUT2D eigenvalue weighted by Crippen LogP contribution is -2.59. The maximum atomic E-state index is 13.6. The quantitative estimate of drug-likeness (QED) is 0.267. The molecule has 0 bridgehead atoms. The van der Waals surface area contributed by atoms with Crippen LogP contribution in [0, 0.1) is 11.8 Å². The van der Waals surface area contributed by atoms with E-state index in [1.165, 1.54) is 7.11 Å². The van der Waals surface area contributed by atoms with Crippen molar-refractivity contribution < 1.29 is 42.5 Å². The molecule has 4 aliphatic rings. The molecule has 2 saturated carbocycles. The van der Waals surface area contributed by atoms with Gasteiger partial charge in [0.2, 0.25) is 21.8 Å². The van der Waals surface area contributed by atoms with Crippen molar-refractivity contribution in [1.82, 2.24) is 20.3 Å². The third kappa shape index (κ3) is 6.12. The van der Waals surface area contributed by atoms with Gasteiger partial charge in [-0.05, 0) is 38.5 Å². The fourth-order valence-electron chi connectivity index (χ4n) is 5.46. The zero-order valence-electron chi connectivity index (χ0n) is 21.3. The van der Waals surface area contributed by atoms with Crippen molar-refractivity contribution in [2.24, 2.45) is 11.8 Å². The number of nitrogens with one attached hydrogen (secondary N) is 3. The van der Waals surface area contributed by atoms with Crippen molar-refractivity contribution in [3.8, 4) is 0 Å². The van der Waals surface area contributed by atoms with Gasteiger partial charge in [-0.2, -0.15) is 0 Å². The van der Waals surface area contributed by atoms with Crippen LogP contribution in [0.1, 0.15) is 51.4 Å². The summed E-state index contributed by atoms with van der Waals surface area (Å²) >= 11 is 0. The van der Waals surface area contributed by atoms with Crippen LogP contribution in [0.25, 0.3) is 0 Å². The Morgan fingerprint density at radius 2 is 1.97 bits per heavy atom. The molecular weight excluding hydrogens is 520 g/mol. The molecule has 38 heavy (non-hydrogen) atoms. The first kappa shape index (κ1) is 28.3. The van der Waals surface area contributed by atoms with Crippen LogP contribution in [0.4, 0.5) is 4.79 Å². The molecule has 3 fully saturated rings. The van der Waals surface area contributed by atoms with Crippen molar-refractivity contribution in [3.05, 3.63) is 12.2 Å². The summed E-state index contributed by atoms with van der Waals surface area (Å²) in [6, 6.07) is -2.37. The first-order valence-electron chi connectivity index (χ1n) is 13.0. The van der Waals surface area contributed by atoms with E-state index in [1.54, 1.807) is 6.08 Å². The van der Waals surface area contributed by atoms with Crippen LogP contribution < -0.4 is 15.4 Å². The summed E-state index contributed by atoms with van der Waals surface area (Å²) in [7, 11) is -2.40. The van der Waals surface area contributed by atoms with E-state index in [0.29, 0.717) is 32.1 Å². The van der Waals surface area contributed by atoms with Crippen LogP contribution in [-0.2, 0) is 29.1 Å². The topological polar surface area (TPSA) is 191 Å². The number of methoxy groups -OCH3 is 1. The van der Waals surface area contributed by atoms with Gasteiger partial charge in [-0.3, -0.25) is 19.1 Å². The first-order valence-corrected chi connectivity index (χ1v) is 14.5. The molecule has 0 unspecified atom stereocenters. The SMILES string of the molecule is COC[C@@H]1CCCCC=C[C@@H]2C[C@@]2(C(=O)NS(=O)(=O)C2CC2)NC(=O)[C@@H]2C[C@@H](O)CN2C(=O)[C@H]1NC(=O)O. The van der Waals surface area contributed by atoms with Crippen LogP contribution in [0.3, 0.4) is 0 Å². The Labute approximate surface area is 221 Å². The van der Waals surface area contributed by atoms with Crippen molar-refractivity contribution in [2.75, 3.05) is 20.3 Å². The van der Waals surface area contributed by atoms with Gasteiger partial charge in [0.25, 0.3) is 5.91 Å². The number of aliphatic hydroxyl groups is 1. The number of fused-ring (bicyclic) bond motifs is 2. The molecule has 0 radical (unpaired) electrons. The summed E-state index contributed by atoms with van der Waals surface area (Å²) in [4.78, 5) is 53.0. The van der Waals surface area contributed by atoms with Gasteiger partial charge < -0.3 is 30.5 Å². The molecule has 4 rings (SSSR count). The number of rotatable bonds is 6. The predicted octanol–water partition coefficient (Wildman–Crippen LogP) is -0.539. The van der Waals surface area contributed by atoms with Crippen molar-refractivity contribution in [3.63, 3.8) is 0 Å². The van der Waals surface area contributed by atoms with Gasteiger partial charge in [0, 0.05) is 31.9 Å². The molecule has 2 aliphatic carbocycles. The van der Waals surface area contributed by atoms with Crippen molar-refractivity contribution in [1.29, 1.82) is 0 Å². The Balaban J connectivity index is 1.63. The number of hydrogen-bond donors (Lipinski definition) is 5. The molecule has 13 nitrogen and oxygen atoms in total. The monoisotopic (exact) mass is 556 g/mol. The zero-order chi connectivity index (χ0) is 27.7. The van der Waals surface area contributed by atoms with E-state index in [0.717, 1.165) is 11.3 Å². The molecule has 1 saturated heterocycles. The molecular formula is C24H36N4O9S. The van der Waals surface area contributed by atoms with Gasteiger partial charge in [0.15, 0.2) is 0 Å². The molecule has 2 aliphatic heterocycles. The molecule has 2 heterocycles. The van der Waals surface area contributed by atoms with Crippen LogP contribution in [0.15, 0.2) is 12.2 Å². The van der Waals surface area contributed by atoms with Gasteiger partial charge in [0.05, 0.1) is 18.0 Å². The predicted molar refractivity (Wildman–Crippen MR) is 133 cm³/mol. The highest BCUT2D eigenvalue weighted by Gasteiger charge is 2.62. The van der Waals surface area contributed by atoms with Crippen LogP contribution in [0.2, 0.25) is 0 Å². The third-order valence-electron chi connectivity index (χ3n) is 7.79. The summed E-state index contributed by atoms with van der Waals surface area (Å²) in [5.74, 6) is -3.13. The van der Waals surface area contributed by atoms with Crippen molar-refractivity contribution in [2.45, 2.75) is 80.3 Å². The molecule has 0 aromatic rings. The number of sulfonamides is 1. The number of carbonyl (C=O) groups excluding carboxylic acids is 3. The highest BCUT2D eigenvalue weighted by Crippen LogP contribution is 2.46. The summed E-state index contributed by atoms with van der Waals surface area (Å²) in [6.07, 6.45) is 4.81. The van der Waals surface area contributed by atoms with E-state index in [2.05, 4.69) is 15.4 Å². The third-order valence-corrected chi connectivity index (χ3v) is 9.61. The fraction of sp³-hybridized carbons (Fsp3) is 0.750. The molecule has 14 heteroatoms. The second-order valence-electron chi connectivity index (χ2n) is 10.7. The standard InChI is InChI=1S/C24H36N4O9S/c1-37-13-14-6-4-2-3-5-7-15-11-24(15,22(32)27-38(35,36)17-8-9-17)26-20(30)18-10-16(29)12-28(18)21(31)19(14)25-23(33)34/h5,7,14-19,25,29H,2-4,6,8-13H2,1H3,(H,26,30)(H,27,32)(H,33,34)/t14-,15+,16+,18-,19-,24+/m0/s1. The number of amides is 4. The average Bonchev–Trinajstić information content (AvgIpc) is 3.76. The first-order chi connectivity index (χ1) is 18.0. The maximum Gasteiger partial charge on any atom is 0.405 e. The van der Waals surface area contributed by atoms with Crippen LogP contribution in [0.5, 0.6) is 0 Å². The van der Waals surface area contributed by atoms with Gasteiger partial charge in [0.1, 0.15) is 17.6 Å². The lowest BCUT2D eigenvalue weighted by Gasteiger charge is -2.32. The number of ether oxygens (including phenoxy) is 1. The number of aliphatic hydroxyl groups excluding tert-OH is 1. The molecule has 212 valence electrons. The number of carboxylic acid groups (broad SMARTS) is 1. The summed E-state index contributed by atoms with van der Waals surface area (Å²) < 4.78 is 32.3. The summed E-state index contributed by atoms with van der Waals surface area (Å²) in [5, 5.41) is 24.1. The zero-order valence-corrected chi connectivity index (χ0v) is 22.1. The lowest BCUT2D eigenvalue weighted by molar-refractivity contribution is -0.142. The maximum absolute atomic E-state index is 13.6. The van der Waals surface area contributed by atoms with E-state index < -0.39 is 74.7 Å². The van der Waals surface area contributed by atoms with E-state index in [9.17, 15) is 37.8 Å². The van der Waals surface area contributed by atoms with E-state index >= 15 is 0 Å². The fourth-order valence-corrected chi connectivity index (χ4v) is 6.82. The molecule has 0 spiro atoms. The van der Waals surface area contributed by atoms with Gasteiger partial charge in [-0.15, -0.1) is 0 Å². The number of carbonyl (C=O) groups is 4. The molecule has 0 aromatic heterocycles. The van der Waals surface area contributed by atoms with Gasteiger partial charge in [-0.25, -0.2) is 13.2 Å². The number of hydrogen-bond acceptors (Lipinski definition) is 8. The Hall–Kier alpha value is -2.71. The Morgan fingerprint density at radius 1 is 1.24 bits per heavy atom. The number of nitrogens with zero attached hydrogens (tertiary/aromatic N) is 1. The molecule has 5 N–H and O–H groups in total. The van der Waals surface area contributed by atoms with Crippen LogP contribution >= 0.6 is 0 Å². The Kier molecular flexibility index (Phi) is 8.33. The normalized spacial score (nSPS) is 34.3. The van der Waals surface area contributed by atoms with E-state index in [4.69, 9.17) is 4.74 Å². The molecule has 0 aromatic carbocycles. The lowest BCUT2D eigenvalue weighted by atomic mass is 9.92. The summed E-state index contributed by atoms with van der Waals surface area (Å²) in [5.41, 5.74) is -1.49. The second-order valence-corrected chi connectivity index (χ2v) is 12.7. The highest BCUT2D eigenvalue weighted by molar-refractivity contribution is 7.91. The van der Waals surface area contributed by atoms with Gasteiger partial charge >= 0.3 is 6.09 Å². The highest BCUT2D eigenvalue weighted by atomic mass is 32.2. The minimum atomic E-state index is -3.85. The van der Waals surface area contributed by atoms with Crippen LogP contribution in [-0.4, -0.2) is 96.6 Å². The molecule has 4 amide bonds. The minimum Gasteiger partial charge on any atom is -0.465 e. The second kappa shape index (κ2) is 11.2. The average molecular weight is 557 g/mol. The molecule has 6 atom stereocenters. The number of allylic oxidation sites excluding steroid dienone is 1. The minimum absolute atomic E-state index is 0.106. The Bertz CT molecular complexity index is 1090. The summed E-state index contributed by atoms with van der Waals surface area (Å²) in [6.45, 7) is -0.0758. The smallest absolute Gasteiger partial charge is 0.405 e.